The molecule has 1 amide bonds. The molecular formula is C19H11F3N2O4S. The number of alkyl halides is 3. The van der Waals surface area contributed by atoms with E-state index in [2.05, 4.69) is 10.3 Å². The van der Waals surface area contributed by atoms with Crippen molar-refractivity contribution in [1.29, 1.82) is 0 Å². The number of Topliss-reactive ketones (excluding diaryl/α,β-unsaturated/α-hetero) is 1. The number of amides is 1. The van der Waals surface area contributed by atoms with Gasteiger partial charge in [0.05, 0.1) is 28.2 Å². The summed E-state index contributed by atoms with van der Waals surface area (Å²) in [5, 5.41) is 2.14. The highest BCUT2D eigenvalue weighted by molar-refractivity contribution is 7.21. The minimum absolute atomic E-state index is 0.0327. The highest BCUT2D eigenvalue weighted by atomic mass is 32.1. The highest BCUT2D eigenvalue weighted by Crippen LogP contribution is 2.46. The van der Waals surface area contributed by atoms with Crippen LogP contribution in [0.3, 0.4) is 0 Å². The maximum atomic E-state index is 13.9. The first kappa shape index (κ1) is 17.9. The number of nitrogens with zero attached hydrogens (tertiary/aromatic N) is 1. The number of halogens is 3. The maximum absolute atomic E-state index is 13.9. The summed E-state index contributed by atoms with van der Waals surface area (Å²) in [5.41, 5.74) is -0.567. The molecule has 10 heteroatoms. The van der Waals surface area contributed by atoms with Gasteiger partial charge < -0.3 is 14.8 Å². The normalized spacial score (nSPS) is 16.0. The van der Waals surface area contributed by atoms with Crippen LogP contribution >= 0.6 is 11.3 Å². The molecule has 0 radical (unpaired) electrons. The smallest absolute Gasteiger partial charge is 0.417 e. The fraction of sp³-hybridized carbons (Fsp3) is 0.211. The van der Waals surface area contributed by atoms with Crippen LogP contribution in [0.2, 0.25) is 0 Å². The van der Waals surface area contributed by atoms with E-state index in [9.17, 15) is 22.8 Å². The van der Waals surface area contributed by atoms with Gasteiger partial charge in [-0.15, -0.1) is 11.3 Å². The number of rotatable bonds is 1. The van der Waals surface area contributed by atoms with Gasteiger partial charge in [0.1, 0.15) is 18.0 Å². The molecule has 0 atom stereocenters. The van der Waals surface area contributed by atoms with E-state index in [0.29, 0.717) is 30.3 Å². The molecule has 2 aromatic heterocycles. The van der Waals surface area contributed by atoms with Gasteiger partial charge in [-0.1, -0.05) is 0 Å². The molecule has 0 unspecified atom stereocenters. The average Bonchev–Trinajstić information content (AvgIpc) is 3.05. The van der Waals surface area contributed by atoms with E-state index in [1.807, 2.05) is 0 Å². The lowest BCUT2D eigenvalue weighted by atomic mass is 10.0. The van der Waals surface area contributed by atoms with Crippen molar-refractivity contribution < 1.29 is 32.2 Å². The summed E-state index contributed by atoms with van der Waals surface area (Å²) in [4.78, 5) is 28.3. The SMILES string of the molecule is O=C1CC(=O)c2sc3nc(-c4ccc5c(c4)OCCO5)cc(C(F)(F)F)c3c2N1. The number of carbonyl (C=O) groups excluding carboxylic acids is 2. The molecular weight excluding hydrogens is 409 g/mol. The lowest BCUT2D eigenvalue weighted by Gasteiger charge is -2.19. The Bertz CT molecular complexity index is 1200. The molecule has 0 saturated carbocycles. The van der Waals surface area contributed by atoms with Crippen LogP contribution < -0.4 is 14.8 Å². The van der Waals surface area contributed by atoms with E-state index in [0.717, 1.165) is 17.4 Å². The quantitative estimate of drug-likeness (QED) is 0.595. The lowest BCUT2D eigenvalue weighted by molar-refractivity contribution is -0.136. The monoisotopic (exact) mass is 420 g/mol. The van der Waals surface area contributed by atoms with Gasteiger partial charge in [0.2, 0.25) is 5.91 Å². The molecule has 4 heterocycles. The van der Waals surface area contributed by atoms with Crippen LogP contribution in [0, 0.1) is 0 Å². The van der Waals surface area contributed by atoms with Crippen LogP contribution in [0.1, 0.15) is 21.7 Å². The van der Waals surface area contributed by atoms with E-state index < -0.39 is 29.9 Å². The zero-order valence-corrected chi connectivity index (χ0v) is 15.4. The van der Waals surface area contributed by atoms with Gasteiger partial charge in [-0.3, -0.25) is 9.59 Å². The molecule has 0 aliphatic carbocycles. The van der Waals surface area contributed by atoms with Gasteiger partial charge in [-0.2, -0.15) is 13.2 Å². The third-order valence-electron chi connectivity index (χ3n) is 4.64. The summed E-state index contributed by atoms with van der Waals surface area (Å²) in [6, 6.07) is 5.71. The molecule has 2 aliphatic heterocycles. The van der Waals surface area contributed by atoms with E-state index in [1.54, 1.807) is 18.2 Å². The van der Waals surface area contributed by atoms with Crippen molar-refractivity contribution in [1.82, 2.24) is 4.98 Å². The van der Waals surface area contributed by atoms with E-state index >= 15 is 0 Å². The average molecular weight is 420 g/mol. The molecule has 0 bridgehead atoms. The van der Waals surface area contributed by atoms with Gasteiger partial charge in [0.25, 0.3) is 0 Å². The molecule has 1 N–H and O–H groups in total. The molecule has 0 saturated heterocycles. The van der Waals surface area contributed by atoms with Crippen molar-refractivity contribution in [2.75, 3.05) is 18.5 Å². The maximum Gasteiger partial charge on any atom is 0.417 e. The van der Waals surface area contributed by atoms with Crippen LogP contribution in [0.15, 0.2) is 24.3 Å². The van der Waals surface area contributed by atoms with E-state index in [4.69, 9.17) is 9.47 Å². The highest BCUT2D eigenvalue weighted by Gasteiger charge is 2.38. The molecule has 2 aliphatic rings. The molecule has 29 heavy (non-hydrogen) atoms. The number of nitrogens with one attached hydrogen (secondary N) is 1. The minimum atomic E-state index is -4.70. The van der Waals surface area contributed by atoms with Crippen molar-refractivity contribution in [2.45, 2.75) is 12.6 Å². The van der Waals surface area contributed by atoms with E-state index in [1.165, 1.54) is 0 Å². The van der Waals surface area contributed by atoms with Crippen molar-refractivity contribution >= 4 is 38.9 Å². The minimum Gasteiger partial charge on any atom is -0.486 e. The second kappa shape index (κ2) is 6.18. The summed E-state index contributed by atoms with van der Waals surface area (Å²) in [6.07, 6.45) is -5.10. The summed E-state index contributed by atoms with van der Waals surface area (Å²) in [7, 11) is 0. The standard InChI is InChI=1S/C19H11F3N2O4S/c20-19(21,22)9-6-10(8-1-2-12-13(5-8)28-4-3-27-12)23-18-15(9)16-17(29-18)11(25)7-14(26)24-16/h1-2,5-6H,3-4,7H2,(H,24,26). The Labute approximate surface area is 165 Å². The molecule has 148 valence electrons. The number of hydrogen-bond donors (Lipinski definition) is 1. The Hall–Kier alpha value is -3.14. The second-order valence-electron chi connectivity index (χ2n) is 6.55. The molecule has 3 aromatic rings. The second-order valence-corrected chi connectivity index (χ2v) is 7.54. The summed E-state index contributed by atoms with van der Waals surface area (Å²) < 4.78 is 52.5. The van der Waals surface area contributed by atoms with Gasteiger partial charge in [0.15, 0.2) is 17.3 Å². The number of ether oxygens (including phenoxy) is 2. The van der Waals surface area contributed by atoms with Gasteiger partial charge in [0, 0.05) is 10.9 Å². The van der Waals surface area contributed by atoms with Gasteiger partial charge in [-0.05, 0) is 24.3 Å². The Balaban J connectivity index is 1.75. The van der Waals surface area contributed by atoms with Gasteiger partial charge in [-0.25, -0.2) is 4.98 Å². The molecule has 5 rings (SSSR count). The van der Waals surface area contributed by atoms with Crippen LogP contribution in [-0.4, -0.2) is 29.9 Å². The number of fused-ring (bicyclic) bond motifs is 4. The Morgan fingerprint density at radius 2 is 1.83 bits per heavy atom. The fourth-order valence-electron chi connectivity index (χ4n) is 3.40. The molecule has 6 nitrogen and oxygen atoms in total. The van der Waals surface area contributed by atoms with Crippen molar-refractivity contribution in [3.05, 3.63) is 34.7 Å². The van der Waals surface area contributed by atoms with Crippen molar-refractivity contribution in [3.63, 3.8) is 0 Å². The molecule has 0 fully saturated rings. The zero-order chi connectivity index (χ0) is 20.3. The summed E-state index contributed by atoms with van der Waals surface area (Å²) >= 11 is 0.846. The molecule has 1 aromatic carbocycles. The first-order chi connectivity index (χ1) is 13.8. The largest absolute Gasteiger partial charge is 0.486 e. The number of anilines is 1. The fourth-order valence-corrected chi connectivity index (χ4v) is 4.49. The number of benzene rings is 1. The zero-order valence-electron chi connectivity index (χ0n) is 14.6. The Kier molecular flexibility index (Phi) is 3.82. The number of hydrogen-bond acceptors (Lipinski definition) is 6. The van der Waals surface area contributed by atoms with Crippen molar-refractivity contribution in [3.8, 4) is 22.8 Å². The lowest BCUT2D eigenvalue weighted by Crippen LogP contribution is -2.22. The third kappa shape index (κ3) is 2.91. The number of pyridine rings is 1. The number of thiophene rings is 1. The van der Waals surface area contributed by atoms with Gasteiger partial charge >= 0.3 is 6.18 Å². The van der Waals surface area contributed by atoms with Crippen LogP contribution in [-0.2, 0) is 11.0 Å². The Morgan fingerprint density at radius 1 is 1.07 bits per heavy atom. The van der Waals surface area contributed by atoms with Crippen LogP contribution in [0.25, 0.3) is 21.5 Å². The first-order valence-electron chi connectivity index (χ1n) is 8.59. The number of ketones is 1. The predicted octanol–water partition coefficient (Wildman–Crippen LogP) is 4.28. The van der Waals surface area contributed by atoms with Crippen molar-refractivity contribution in [2.24, 2.45) is 0 Å². The van der Waals surface area contributed by atoms with Crippen LogP contribution in [0.5, 0.6) is 11.5 Å². The Morgan fingerprint density at radius 3 is 2.59 bits per heavy atom. The summed E-state index contributed by atoms with van der Waals surface area (Å²) in [5.74, 6) is -0.207. The predicted molar refractivity (Wildman–Crippen MR) is 98.6 cm³/mol. The van der Waals surface area contributed by atoms with E-state index in [-0.39, 0.29) is 26.5 Å². The number of aromatic nitrogens is 1. The van der Waals surface area contributed by atoms with Crippen LogP contribution in [0.4, 0.5) is 18.9 Å². The first-order valence-corrected chi connectivity index (χ1v) is 9.41. The number of carbonyl (C=O) groups is 2. The molecule has 0 spiro atoms. The third-order valence-corrected chi connectivity index (χ3v) is 5.77. The summed E-state index contributed by atoms with van der Waals surface area (Å²) in [6.45, 7) is 0.742. The topological polar surface area (TPSA) is 77.5 Å².